The Morgan fingerprint density at radius 3 is 2.86 bits per heavy atom. The Hall–Kier alpha value is -2.65. The van der Waals surface area contributed by atoms with Crippen molar-refractivity contribution in [3.05, 3.63) is 69.7 Å². The maximum absolute atomic E-state index is 13.4. The number of anilines is 1. The number of amides is 1. The predicted molar refractivity (Wildman–Crippen MR) is 146 cm³/mol. The number of hydrogen-bond donors (Lipinski definition) is 2. The number of hydrogen-bond acceptors (Lipinski definition) is 7. The van der Waals surface area contributed by atoms with Crippen LogP contribution in [0.2, 0.25) is 5.02 Å². The Labute approximate surface area is 226 Å². The fraction of sp³-hybridized carbons (Fsp3) is 0.429. The SMILES string of the molecule is CN1CCCC1CCNC(c1cnc(NC(=O)C2(c3ccc4c(c3)OCO4)CC2)s1)c1ccccc1Cl. The van der Waals surface area contributed by atoms with Crippen LogP contribution in [0.4, 0.5) is 5.13 Å². The molecule has 3 aliphatic rings. The summed E-state index contributed by atoms with van der Waals surface area (Å²) in [5.74, 6) is 1.39. The van der Waals surface area contributed by atoms with Gasteiger partial charge in [-0.15, -0.1) is 0 Å². The first-order valence-corrected chi connectivity index (χ1v) is 14.1. The number of fused-ring (bicyclic) bond motifs is 1. The van der Waals surface area contributed by atoms with Gasteiger partial charge in [-0.05, 0) is 81.6 Å². The number of carbonyl (C=O) groups is 1. The van der Waals surface area contributed by atoms with Crippen LogP contribution in [-0.4, -0.2) is 48.8 Å². The molecule has 9 heteroatoms. The molecular formula is C28H31ClN4O3S. The van der Waals surface area contributed by atoms with Gasteiger partial charge < -0.3 is 25.0 Å². The molecule has 1 amide bonds. The second-order valence-corrected chi connectivity index (χ2v) is 11.6. The summed E-state index contributed by atoms with van der Waals surface area (Å²) in [6.07, 6.45) is 7.05. The van der Waals surface area contributed by atoms with Crippen LogP contribution in [0.25, 0.3) is 0 Å². The minimum Gasteiger partial charge on any atom is -0.454 e. The second-order valence-electron chi connectivity index (χ2n) is 10.1. The van der Waals surface area contributed by atoms with E-state index in [1.54, 1.807) is 0 Å². The number of benzene rings is 2. The molecule has 2 N–H and O–H groups in total. The van der Waals surface area contributed by atoms with Crippen LogP contribution >= 0.6 is 22.9 Å². The topological polar surface area (TPSA) is 75.7 Å². The third-order valence-corrected chi connectivity index (χ3v) is 9.17. The highest BCUT2D eigenvalue weighted by Gasteiger charge is 2.52. The molecule has 1 saturated heterocycles. The number of halogens is 1. The van der Waals surface area contributed by atoms with Gasteiger partial charge >= 0.3 is 0 Å². The van der Waals surface area contributed by atoms with E-state index in [2.05, 4.69) is 33.6 Å². The van der Waals surface area contributed by atoms with Crippen molar-refractivity contribution in [1.82, 2.24) is 15.2 Å². The van der Waals surface area contributed by atoms with Gasteiger partial charge in [-0.3, -0.25) is 4.79 Å². The maximum atomic E-state index is 13.4. The van der Waals surface area contributed by atoms with Crippen molar-refractivity contribution in [3.63, 3.8) is 0 Å². The molecule has 37 heavy (non-hydrogen) atoms. The summed E-state index contributed by atoms with van der Waals surface area (Å²) in [5, 5.41) is 8.13. The summed E-state index contributed by atoms with van der Waals surface area (Å²) in [6.45, 7) is 2.26. The minimum atomic E-state index is -0.541. The highest BCUT2D eigenvalue weighted by molar-refractivity contribution is 7.15. The number of nitrogens with zero attached hydrogens (tertiary/aromatic N) is 2. The van der Waals surface area contributed by atoms with Gasteiger partial charge in [-0.25, -0.2) is 4.98 Å². The minimum absolute atomic E-state index is 0.0289. The van der Waals surface area contributed by atoms with Crippen LogP contribution in [0.3, 0.4) is 0 Å². The third kappa shape index (κ3) is 4.95. The lowest BCUT2D eigenvalue weighted by Gasteiger charge is -2.23. The Kier molecular flexibility index (Phi) is 6.84. The van der Waals surface area contributed by atoms with E-state index >= 15 is 0 Å². The summed E-state index contributed by atoms with van der Waals surface area (Å²) in [6, 6.07) is 14.2. The first-order chi connectivity index (χ1) is 18.0. The predicted octanol–water partition coefficient (Wildman–Crippen LogP) is 5.36. The Morgan fingerprint density at radius 1 is 1.24 bits per heavy atom. The van der Waals surface area contributed by atoms with Gasteiger partial charge in [0.25, 0.3) is 0 Å². The molecule has 2 aromatic carbocycles. The molecule has 7 nitrogen and oxygen atoms in total. The lowest BCUT2D eigenvalue weighted by molar-refractivity contribution is -0.118. The number of ether oxygens (including phenoxy) is 2. The fourth-order valence-electron chi connectivity index (χ4n) is 5.47. The van der Waals surface area contributed by atoms with E-state index in [0.29, 0.717) is 16.9 Å². The Balaban J connectivity index is 1.17. The molecule has 0 bridgehead atoms. The standard InChI is InChI=1S/C28H31ClN4O3S/c1-33-14-4-5-19(33)10-13-30-25(20-6-2-3-7-21(20)29)24-16-31-27(37-24)32-26(34)28(11-12-28)18-8-9-22-23(15-18)36-17-35-22/h2-3,6-9,15-16,19,25,30H,4-5,10-14,17H2,1H3,(H,31,32,34). The van der Waals surface area contributed by atoms with Crippen LogP contribution in [0, 0.1) is 0 Å². The van der Waals surface area contributed by atoms with Gasteiger partial charge in [0.2, 0.25) is 12.7 Å². The lowest BCUT2D eigenvalue weighted by atomic mass is 9.94. The van der Waals surface area contributed by atoms with Crippen molar-refractivity contribution in [2.45, 2.75) is 49.6 Å². The molecule has 6 rings (SSSR count). The van der Waals surface area contributed by atoms with Crippen LogP contribution < -0.4 is 20.1 Å². The van der Waals surface area contributed by atoms with Gasteiger partial charge in [0.15, 0.2) is 16.6 Å². The van der Waals surface area contributed by atoms with Crippen molar-refractivity contribution in [2.24, 2.45) is 0 Å². The molecule has 1 aliphatic carbocycles. The number of likely N-dealkylation sites (tertiary alicyclic amines) is 1. The van der Waals surface area contributed by atoms with E-state index in [4.69, 9.17) is 21.1 Å². The van der Waals surface area contributed by atoms with Crippen LogP contribution in [0.5, 0.6) is 11.5 Å². The number of thiazole rings is 1. The van der Waals surface area contributed by atoms with Crippen molar-refractivity contribution in [3.8, 4) is 11.5 Å². The average Bonchev–Trinajstić information content (AvgIpc) is 3.18. The number of aromatic nitrogens is 1. The number of carbonyl (C=O) groups excluding carboxylic acids is 1. The summed E-state index contributed by atoms with van der Waals surface area (Å²) in [4.78, 5) is 21.4. The zero-order chi connectivity index (χ0) is 25.4. The summed E-state index contributed by atoms with van der Waals surface area (Å²) < 4.78 is 11.0. The smallest absolute Gasteiger partial charge is 0.236 e. The zero-order valence-electron chi connectivity index (χ0n) is 20.8. The number of nitrogens with one attached hydrogen (secondary N) is 2. The normalized spacial score (nSPS) is 20.6. The van der Waals surface area contributed by atoms with Gasteiger partial charge in [0, 0.05) is 22.1 Å². The second kappa shape index (κ2) is 10.3. The molecule has 2 unspecified atom stereocenters. The third-order valence-electron chi connectivity index (χ3n) is 7.85. The summed E-state index contributed by atoms with van der Waals surface area (Å²) >= 11 is 8.11. The molecule has 1 aromatic heterocycles. The molecule has 1 saturated carbocycles. The van der Waals surface area contributed by atoms with E-state index in [9.17, 15) is 4.79 Å². The van der Waals surface area contributed by atoms with E-state index in [0.717, 1.165) is 52.6 Å². The maximum Gasteiger partial charge on any atom is 0.236 e. The Morgan fingerprint density at radius 2 is 2.08 bits per heavy atom. The van der Waals surface area contributed by atoms with Crippen molar-refractivity contribution >= 4 is 34.0 Å². The molecule has 2 fully saturated rings. The summed E-state index contributed by atoms with van der Waals surface area (Å²) in [5.41, 5.74) is 1.43. The largest absolute Gasteiger partial charge is 0.454 e. The molecule has 2 aliphatic heterocycles. The molecule has 0 spiro atoms. The van der Waals surface area contributed by atoms with E-state index < -0.39 is 5.41 Å². The molecule has 194 valence electrons. The monoisotopic (exact) mass is 538 g/mol. The highest BCUT2D eigenvalue weighted by atomic mass is 35.5. The average molecular weight is 539 g/mol. The molecule has 3 aromatic rings. The van der Waals surface area contributed by atoms with E-state index in [-0.39, 0.29) is 18.7 Å². The molecule has 0 radical (unpaired) electrons. The number of rotatable bonds is 9. The molecular weight excluding hydrogens is 508 g/mol. The van der Waals surface area contributed by atoms with Gasteiger partial charge in [0.05, 0.1) is 11.5 Å². The van der Waals surface area contributed by atoms with E-state index in [1.165, 1.54) is 30.7 Å². The molecule has 3 heterocycles. The highest BCUT2D eigenvalue weighted by Crippen LogP contribution is 2.51. The van der Waals surface area contributed by atoms with Crippen molar-refractivity contribution in [1.29, 1.82) is 0 Å². The van der Waals surface area contributed by atoms with Crippen molar-refractivity contribution < 1.29 is 14.3 Å². The lowest BCUT2D eigenvalue weighted by Crippen LogP contribution is -2.31. The van der Waals surface area contributed by atoms with Crippen LogP contribution in [-0.2, 0) is 10.2 Å². The van der Waals surface area contributed by atoms with Gasteiger partial charge in [0.1, 0.15) is 0 Å². The van der Waals surface area contributed by atoms with Gasteiger partial charge in [-0.1, -0.05) is 47.2 Å². The van der Waals surface area contributed by atoms with Gasteiger partial charge in [-0.2, -0.15) is 0 Å². The first-order valence-electron chi connectivity index (χ1n) is 12.9. The summed E-state index contributed by atoms with van der Waals surface area (Å²) in [7, 11) is 2.21. The Bertz CT molecular complexity index is 1290. The first kappa shape index (κ1) is 24.7. The quantitative estimate of drug-likeness (QED) is 0.382. The van der Waals surface area contributed by atoms with Crippen LogP contribution in [0.15, 0.2) is 48.7 Å². The van der Waals surface area contributed by atoms with Crippen molar-refractivity contribution in [2.75, 3.05) is 32.2 Å². The van der Waals surface area contributed by atoms with Crippen LogP contribution in [0.1, 0.15) is 54.1 Å². The zero-order valence-corrected chi connectivity index (χ0v) is 22.4. The van der Waals surface area contributed by atoms with E-state index in [1.807, 2.05) is 42.6 Å². The fourth-order valence-corrected chi connectivity index (χ4v) is 6.62. The molecule has 2 atom stereocenters.